The van der Waals surface area contributed by atoms with Crippen LogP contribution in [0.25, 0.3) is 0 Å². The number of nitrogens with one attached hydrogen (secondary N) is 1. The van der Waals surface area contributed by atoms with Gasteiger partial charge in [0, 0.05) is 44.0 Å². The number of allylic oxidation sites excluding steroid dienone is 5. The molecular weight excluding hydrogens is 370 g/mol. The van der Waals surface area contributed by atoms with Crippen molar-refractivity contribution >= 4 is 5.91 Å². The standard InChI is InChI=1S/C26H37N3O/c1-28-16-19(15-27-25(30)12-11-18-7-4-3-5-8-18)13-22-21-9-6-10-23-26(21)20(14-24(22)28)17-29(23)2/h6,9-12,17-19,21-22,24,26H,3-5,7-8,13-16H2,1-2H3,(H,27,30)/b12-11+/t19-,21?,22+,24+,26?/m0/s1. The van der Waals surface area contributed by atoms with Gasteiger partial charge in [0.05, 0.1) is 0 Å². The third kappa shape index (κ3) is 3.79. The molecule has 0 aromatic rings. The van der Waals surface area contributed by atoms with E-state index in [2.05, 4.69) is 59.7 Å². The van der Waals surface area contributed by atoms with Crippen molar-refractivity contribution in [2.75, 3.05) is 27.2 Å². The van der Waals surface area contributed by atoms with Gasteiger partial charge in [0.2, 0.25) is 5.91 Å². The van der Waals surface area contributed by atoms with E-state index in [9.17, 15) is 4.79 Å². The van der Waals surface area contributed by atoms with Gasteiger partial charge in [-0.1, -0.05) is 37.5 Å². The van der Waals surface area contributed by atoms with Gasteiger partial charge >= 0.3 is 0 Å². The predicted molar refractivity (Wildman–Crippen MR) is 121 cm³/mol. The molecule has 30 heavy (non-hydrogen) atoms. The van der Waals surface area contributed by atoms with Crippen LogP contribution in [-0.2, 0) is 4.79 Å². The summed E-state index contributed by atoms with van der Waals surface area (Å²) >= 11 is 0. The molecule has 3 fully saturated rings. The van der Waals surface area contributed by atoms with Gasteiger partial charge in [-0.2, -0.15) is 0 Å². The zero-order valence-corrected chi connectivity index (χ0v) is 18.6. The van der Waals surface area contributed by atoms with Crippen LogP contribution in [0.2, 0.25) is 0 Å². The molecule has 1 amide bonds. The second-order valence-corrected chi connectivity index (χ2v) is 10.3. The molecule has 5 aliphatic rings. The number of piperidine rings is 1. The Bertz CT molecular complexity index is 788. The molecule has 2 heterocycles. The Kier molecular flexibility index (Phi) is 5.61. The lowest BCUT2D eigenvalue weighted by molar-refractivity contribution is -0.116. The SMILES string of the molecule is CN1C=C2C[C@@H]3[C@H](C[C@@H](CNC(=O)/C=C/C4CCCCC4)CN3C)C3C=CC=C1C23. The minimum atomic E-state index is 0.0967. The molecule has 1 saturated heterocycles. The number of nitrogens with zero attached hydrogens (tertiary/aromatic N) is 2. The van der Waals surface area contributed by atoms with Gasteiger partial charge in [0.15, 0.2) is 0 Å². The molecule has 0 aromatic carbocycles. The van der Waals surface area contributed by atoms with Crippen molar-refractivity contribution in [3.63, 3.8) is 0 Å². The summed E-state index contributed by atoms with van der Waals surface area (Å²) in [6.45, 7) is 1.88. The zero-order valence-electron chi connectivity index (χ0n) is 18.6. The van der Waals surface area contributed by atoms with Gasteiger partial charge in [-0.15, -0.1) is 0 Å². The first kappa shape index (κ1) is 20.1. The summed E-state index contributed by atoms with van der Waals surface area (Å²) in [5.74, 6) is 3.11. The first-order valence-corrected chi connectivity index (χ1v) is 12.1. The van der Waals surface area contributed by atoms with E-state index in [1.807, 2.05) is 0 Å². The highest BCUT2D eigenvalue weighted by atomic mass is 16.1. The van der Waals surface area contributed by atoms with Crippen molar-refractivity contribution < 1.29 is 4.79 Å². The molecule has 4 heteroatoms. The van der Waals surface area contributed by atoms with Gasteiger partial charge in [0.25, 0.3) is 0 Å². The van der Waals surface area contributed by atoms with E-state index in [1.165, 1.54) is 50.6 Å². The summed E-state index contributed by atoms with van der Waals surface area (Å²) in [5, 5.41) is 3.22. The summed E-state index contributed by atoms with van der Waals surface area (Å²) in [6.07, 6.45) is 22.3. The maximum Gasteiger partial charge on any atom is 0.243 e. The van der Waals surface area contributed by atoms with E-state index in [-0.39, 0.29) is 5.91 Å². The Morgan fingerprint density at radius 2 is 2.07 bits per heavy atom. The van der Waals surface area contributed by atoms with Gasteiger partial charge in [0.1, 0.15) is 0 Å². The van der Waals surface area contributed by atoms with Crippen LogP contribution in [0.3, 0.4) is 0 Å². The number of rotatable bonds is 4. The Morgan fingerprint density at radius 1 is 1.23 bits per heavy atom. The average Bonchev–Trinajstić information content (AvgIpc) is 3.09. The number of carbonyl (C=O) groups is 1. The van der Waals surface area contributed by atoms with E-state index in [0.29, 0.717) is 35.6 Å². The lowest BCUT2D eigenvalue weighted by atomic mass is 9.61. The molecule has 0 spiro atoms. The molecule has 0 bridgehead atoms. The molecule has 5 rings (SSSR count). The number of amides is 1. The second-order valence-electron chi connectivity index (χ2n) is 10.3. The van der Waals surface area contributed by atoms with Crippen LogP contribution < -0.4 is 5.32 Å². The topological polar surface area (TPSA) is 35.6 Å². The van der Waals surface area contributed by atoms with E-state index < -0.39 is 0 Å². The summed E-state index contributed by atoms with van der Waals surface area (Å²) in [5.41, 5.74) is 3.09. The van der Waals surface area contributed by atoms with Crippen molar-refractivity contribution in [2.45, 2.75) is 51.0 Å². The first-order chi connectivity index (χ1) is 14.6. The van der Waals surface area contributed by atoms with Gasteiger partial charge < -0.3 is 15.1 Å². The van der Waals surface area contributed by atoms with Gasteiger partial charge in [-0.05, 0) is 74.1 Å². The van der Waals surface area contributed by atoms with Crippen molar-refractivity contribution in [3.8, 4) is 0 Å². The summed E-state index contributed by atoms with van der Waals surface area (Å²) in [6, 6.07) is 0.631. The van der Waals surface area contributed by atoms with E-state index in [4.69, 9.17) is 0 Å². The van der Waals surface area contributed by atoms with Crippen LogP contribution in [0.1, 0.15) is 44.9 Å². The van der Waals surface area contributed by atoms with E-state index >= 15 is 0 Å². The number of carbonyl (C=O) groups excluding carboxylic acids is 1. The third-order valence-electron chi connectivity index (χ3n) is 8.36. The van der Waals surface area contributed by atoms with Gasteiger partial charge in [-0.3, -0.25) is 4.79 Å². The molecule has 4 nitrogen and oxygen atoms in total. The highest BCUT2D eigenvalue weighted by Crippen LogP contribution is 2.52. The molecule has 0 aromatic heterocycles. The lowest BCUT2D eigenvalue weighted by Gasteiger charge is -2.51. The normalized spacial score (nSPS) is 36.3. The van der Waals surface area contributed by atoms with Crippen LogP contribution >= 0.6 is 0 Å². The maximum atomic E-state index is 12.4. The van der Waals surface area contributed by atoms with E-state index in [0.717, 1.165) is 13.1 Å². The Balaban J connectivity index is 1.20. The smallest absolute Gasteiger partial charge is 0.243 e. The number of fused-ring (bicyclic) bond motifs is 2. The van der Waals surface area contributed by atoms with Gasteiger partial charge in [-0.25, -0.2) is 0 Å². The highest BCUT2D eigenvalue weighted by molar-refractivity contribution is 5.87. The Morgan fingerprint density at radius 3 is 2.90 bits per heavy atom. The molecule has 2 aliphatic heterocycles. The van der Waals surface area contributed by atoms with Crippen molar-refractivity contribution in [1.29, 1.82) is 0 Å². The molecule has 2 saturated carbocycles. The summed E-state index contributed by atoms with van der Waals surface area (Å²) < 4.78 is 0. The highest BCUT2D eigenvalue weighted by Gasteiger charge is 2.49. The molecule has 2 unspecified atom stereocenters. The van der Waals surface area contributed by atoms with Crippen LogP contribution in [0.4, 0.5) is 0 Å². The average molecular weight is 408 g/mol. The number of hydrogen-bond donors (Lipinski definition) is 1. The monoisotopic (exact) mass is 407 g/mol. The maximum absolute atomic E-state index is 12.4. The number of likely N-dealkylation sites (tertiary alicyclic amines) is 1. The largest absolute Gasteiger partial charge is 0.354 e. The summed E-state index contributed by atoms with van der Waals surface area (Å²) in [7, 11) is 4.48. The number of hydrogen-bond acceptors (Lipinski definition) is 3. The first-order valence-electron chi connectivity index (χ1n) is 12.1. The van der Waals surface area contributed by atoms with E-state index in [1.54, 1.807) is 11.6 Å². The lowest BCUT2D eigenvalue weighted by Crippen LogP contribution is -2.54. The van der Waals surface area contributed by atoms with Crippen molar-refractivity contribution in [1.82, 2.24) is 15.1 Å². The van der Waals surface area contributed by atoms with Crippen LogP contribution in [0, 0.1) is 29.6 Å². The molecule has 5 atom stereocenters. The summed E-state index contributed by atoms with van der Waals surface area (Å²) in [4.78, 5) is 17.3. The minimum Gasteiger partial charge on any atom is -0.354 e. The van der Waals surface area contributed by atoms with Crippen molar-refractivity contribution in [2.24, 2.45) is 29.6 Å². The Hall–Kier alpha value is -1.81. The molecule has 3 aliphatic carbocycles. The molecule has 162 valence electrons. The fraction of sp³-hybridized carbons (Fsp3) is 0.654. The minimum absolute atomic E-state index is 0.0967. The molecule has 0 radical (unpaired) electrons. The fourth-order valence-corrected chi connectivity index (χ4v) is 6.89. The van der Waals surface area contributed by atoms with Crippen LogP contribution in [-0.4, -0.2) is 48.9 Å². The quantitative estimate of drug-likeness (QED) is 0.713. The fourth-order valence-electron chi connectivity index (χ4n) is 6.89. The van der Waals surface area contributed by atoms with Crippen LogP contribution in [0.15, 0.2) is 47.9 Å². The van der Waals surface area contributed by atoms with Crippen LogP contribution in [0.5, 0.6) is 0 Å². The molecular formula is C26H37N3O. The second kappa shape index (κ2) is 8.37. The third-order valence-corrected chi connectivity index (χ3v) is 8.36. The molecule has 1 N–H and O–H groups in total. The predicted octanol–water partition coefficient (Wildman–Crippen LogP) is 4.09. The zero-order chi connectivity index (χ0) is 20.7. The Labute approximate surface area is 181 Å². The van der Waals surface area contributed by atoms with Crippen molar-refractivity contribution in [3.05, 3.63) is 47.9 Å².